The van der Waals surface area contributed by atoms with Crippen LogP contribution >= 0.6 is 11.3 Å². The first-order valence-electron chi connectivity index (χ1n) is 9.90. The van der Waals surface area contributed by atoms with Gasteiger partial charge in [-0.25, -0.2) is 0 Å². The van der Waals surface area contributed by atoms with Crippen LogP contribution in [-0.4, -0.2) is 16.8 Å². The van der Waals surface area contributed by atoms with Gasteiger partial charge in [0.2, 0.25) is 0 Å². The maximum atomic E-state index is 13.1. The number of aromatic nitrogens is 1. The van der Waals surface area contributed by atoms with Crippen molar-refractivity contribution in [2.75, 3.05) is 5.32 Å². The second kappa shape index (κ2) is 9.01. The quantitative estimate of drug-likeness (QED) is 0.610. The number of hydrogen-bond acceptors (Lipinski definition) is 4. The van der Waals surface area contributed by atoms with Gasteiger partial charge in [-0.3, -0.25) is 14.6 Å². The van der Waals surface area contributed by atoms with Gasteiger partial charge >= 0.3 is 0 Å². The molecule has 2 heterocycles. The van der Waals surface area contributed by atoms with Gasteiger partial charge in [0.25, 0.3) is 11.8 Å². The Kier molecular flexibility index (Phi) is 6.00. The van der Waals surface area contributed by atoms with E-state index in [2.05, 4.69) is 15.6 Å². The van der Waals surface area contributed by atoms with Gasteiger partial charge < -0.3 is 10.6 Å². The van der Waals surface area contributed by atoms with Crippen molar-refractivity contribution in [1.29, 1.82) is 0 Å². The second-order valence-electron chi connectivity index (χ2n) is 7.13. The third-order valence-electron chi connectivity index (χ3n) is 5.10. The van der Waals surface area contributed by atoms with E-state index >= 15 is 0 Å². The van der Waals surface area contributed by atoms with Gasteiger partial charge in [-0.15, -0.1) is 11.3 Å². The predicted molar refractivity (Wildman–Crippen MR) is 115 cm³/mol. The van der Waals surface area contributed by atoms with Crippen LogP contribution in [0.5, 0.6) is 0 Å². The van der Waals surface area contributed by atoms with E-state index in [1.165, 1.54) is 28.8 Å². The number of pyridine rings is 1. The highest BCUT2D eigenvalue weighted by Gasteiger charge is 2.25. The molecule has 6 heteroatoms. The number of carbonyl (C=O) groups is 2. The number of amides is 2. The molecule has 0 spiro atoms. The van der Waals surface area contributed by atoms with Crippen molar-refractivity contribution >= 4 is 28.2 Å². The highest BCUT2D eigenvalue weighted by molar-refractivity contribution is 7.17. The fourth-order valence-corrected chi connectivity index (χ4v) is 4.89. The molecule has 0 bridgehead atoms. The van der Waals surface area contributed by atoms with E-state index in [0.29, 0.717) is 22.7 Å². The maximum Gasteiger partial charge on any atom is 0.257 e. The average molecular weight is 406 g/mol. The number of thiophene rings is 1. The van der Waals surface area contributed by atoms with Crippen molar-refractivity contribution in [3.63, 3.8) is 0 Å². The summed E-state index contributed by atoms with van der Waals surface area (Å²) in [5.41, 5.74) is 3.24. The van der Waals surface area contributed by atoms with Crippen LogP contribution in [0.2, 0.25) is 0 Å². The van der Waals surface area contributed by atoms with Crippen molar-refractivity contribution in [3.05, 3.63) is 82.0 Å². The smallest absolute Gasteiger partial charge is 0.257 e. The van der Waals surface area contributed by atoms with Crippen LogP contribution in [0.15, 0.2) is 54.9 Å². The predicted octanol–water partition coefficient (Wildman–Crippen LogP) is 4.59. The van der Waals surface area contributed by atoms with E-state index in [4.69, 9.17) is 0 Å². The monoisotopic (exact) mass is 405 g/mol. The van der Waals surface area contributed by atoms with Crippen LogP contribution in [0.3, 0.4) is 0 Å². The molecule has 2 aromatic heterocycles. The van der Waals surface area contributed by atoms with Gasteiger partial charge in [-0.2, -0.15) is 0 Å². The molecule has 0 fully saturated rings. The SMILES string of the molecule is O=C(Nc1sc2c(c1C(=O)NCc1ccccc1)CCCCC2)c1cccnc1. The Morgan fingerprint density at radius 2 is 1.79 bits per heavy atom. The van der Waals surface area contributed by atoms with E-state index in [1.807, 2.05) is 30.3 Å². The molecule has 5 nitrogen and oxygen atoms in total. The largest absolute Gasteiger partial charge is 0.348 e. The molecular formula is C23H23N3O2S. The number of carbonyl (C=O) groups excluding carboxylic acids is 2. The van der Waals surface area contributed by atoms with Crippen LogP contribution < -0.4 is 10.6 Å². The van der Waals surface area contributed by atoms with E-state index in [0.717, 1.165) is 36.8 Å². The Labute approximate surface area is 174 Å². The van der Waals surface area contributed by atoms with Crippen molar-refractivity contribution < 1.29 is 9.59 Å². The molecule has 0 radical (unpaired) electrons. The molecular weight excluding hydrogens is 382 g/mol. The number of aryl methyl sites for hydroxylation is 1. The fourth-order valence-electron chi connectivity index (χ4n) is 3.61. The molecule has 0 aliphatic heterocycles. The van der Waals surface area contributed by atoms with Crippen LogP contribution in [0.1, 0.15) is 56.0 Å². The fraction of sp³-hybridized carbons (Fsp3) is 0.261. The summed E-state index contributed by atoms with van der Waals surface area (Å²) in [6, 6.07) is 13.3. The first-order chi connectivity index (χ1) is 14.2. The van der Waals surface area contributed by atoms with Crippen LogP contribution in [0.25, 0.3) is 0 Å². The Hall–Kier alpha value is -2.99. The van der Waals surface area contributed by atoms with E-state index in [-0.39, 0.29) is 11.8 Å². The van der Waals surface area contributed by atoms with Crippen molar-refractivity contribution in [2.45, 2.75) is 38.6 Å². The van der Waals surface area contributed by atoms with Gasteiger partial charge in [0, 0.05) is 23.8 Å². The molecule has 29 heavy (non-hydrogen) atoms. The number of anilines is 1. The summed E-state index contributed by atoms with van der Waals surface area (Å²) in [4.78, 5) is 31.0. The highest BCUT2D eigenvalue weighted by atomic mass is 32.1. The van der Waals surface area contributed by atoms with Gasteiger partial charge in [0.05, 0.1) is 11.1 Å². The van der Waals surface area contributed by atoms with Crippen LogP contribution in [0.4, 0.5) is 5.00 Å². The molecule has 2 amide bonds. The number of nitrogens with one attached hydrogen (secondary N) is 2. The number of nitrogens with zero attached hydrogens (tertiary/aromatic N) is 1. The molecule has 0 atom stereocenters. The zero-order chi connectivity index (χ0) is 20.1. The Morgan fingerprint density at radius 3 is 2.59 bits per heavy atom. The van der Waals surface area contributed by atoms with Crippen molar-refractivity contribution in [1.82, 2.24) is 10.3 Å². The summed E-state index contributed by atoms with van der Waals surface area (Å²) in [6.07, 6.45) is 8.36. The lowest BCUT2D eigenvalue weighted by Gasteiger charge is -2.10. The Bertz CT molecular complexity index is 1000. The Balaban J connectivity index is 1.60. The zero-order valence-electron chi connectivity index (χ0n) is 16.1. The minimum atomic E-state index is -0.244. The molecule has 1 aromatic carbocycles. The summed E-state index contributed by atoms with van der Waals surface area (Å²) in [7, 11) is 0. The van der Waals surface area contributed by atoms with Gasteiger partial charge in [-0.1, -0.05) is 36.8 Å². The van der Waals surface area contributed by atoms with Gasteiger partial charge in [-0.05, 0) is 48.9 Å². The lowest BCUT2D eigenvalue weighted by atomic mass is 10.0. The summed E-state index contributed by atoms with van der Waals surface area (Å²) in [5.74, 6) is -0.374. The third kappa shape index (κ3) is 4.54. The zero-order valence-corrected chi connectivity index (χ0v) is 16.9. The minimum Gasteiger partial charge on any atom is -0.348 e. The first kappa shape index (κ1) is 19.3. The van der Waals surface area contributed by atoms with Crippen molar-refractivity contribution in [2.24, 2.45) is 0 Å². The lowest BCUT2D eigenvalue weighted by molar-refractivity contribution is 0.0951. The average Bonchev–Trinajstić information content (AvgIpc) is 2.93. The molecule has 1 aliphatic carbocycles. The first-order valence-corrected chi connectivity index (χ1v) is 10.7. The summed E-state index contributed by atoms with van der Waals surface area (Å²) < 4.78 is 0. The summed E-state index contributed by atoms with van der Waals surface area (Å²) in [5, 5.41) is 6.63. The van der Waals surface area contributed by atoms with Crippen LogP contribution in [0, 0.1) is 0 Å². The van der Waals surface area contributed by atoms with Crippen molar-refractivity contribution in [3.8, 4) is 0 Å². The highest BCUT2D eigenvalue weighted by Crippen LogP contribution is 2.37. The maximum absolute atomic E-state index is 13.1. The molecule has 0 saturated heterocycles. The number of hydrogen-bond donors (Lipinski definition) is 2. The van der Waals surface area contributed by atoms with Gasteiger partial charge in [0.1, 0.15) is 5.00 Å². The van der Waals surface area contributed by atoms with Gasteiger partial charge in [0.15, 0.2) is 0 Å². The number of benzene rings is 1. The second-order valence-corrected chi connectivity index (χ2v) is 8.24. The minimum absolute atomic E-state index is 0.130. The van der Waals surface area contributed by atoms with Crippen LogP contribution in [-0.2, 0) is 19.4 Å². The van der Waals surface area contributed by atoms with E-state index in [1.54, 1.807) is 18.3 Å². The number of rotatable bonds is 5. The normalized spacial score (nSPS) is 13.2. The molecule has 1 aliphatic rings. The Morgan fingerprint density at radius 1 is 0.966 bits per heavy atom. The standard InChI is InChI=1S/C23H23N3O2S/c27-21(17-10-7-13-24-15-17)26-23-20(18-11-5-2-6-12-19(18)29-23)22(28)25-14-16-8-3-1-4-9-16/h1,3-4,7-10,13,15H,2,5-6,11-12,14H2,(H,25,28)(H,26,27). The molecule has 148 valence electrons. The molecule has 0 unspecified atom stereocenters. The molecule has 3 aromatic rings. The van der Waals surface area contributed by atoms with E-state index in [9.17, 15) is 9.59 Å². The molecule has 0 saturated carbocycles. The third-order valence-corrected chi connectivity index (χ3v) is 6.30. The molecule has 2 N–H and O–H groups in total. The summed E-state index contributed by atoms with van der Waals surface area (Å²) >= 11 is 1.54. The summed E-state index contributed by atoms with van der Waals surface area (Å²) in [6.45, 7) is 0.459. The number of fused-ring (bicyclic) bond motifs is 1. The topological polar surface area (TPSA) is 71.1 Å². The van der Waals surface area contributed by atoms with E-state index < -0.39 is 0 Å². The molecule has 4 rings (SSSR count). The lowest BCUT2D eigenvalue weighted by Crippen LogP contribution is -2.25.